The zero-order valence-electron chi connectivity index (χ0n) is 21.0. The average molecular weight is 490 g/mol. The van der Waals surface area contributed by atoms with Crippen LogP contribution in [0.2, 0.25) is 0 Å². The number of unbranched alkanes of at least 4 members (excludes halogenated alkanes) is 1. The van der Waals surface area contributed by atoms with Crippen LogP contribution in [0.15, 0.2) is 22.6 Å². The van der Waals surface area contributed by atoms with E-state index >= 15 is 0 Å². The average Bonchev–Trinajstić information content (AvgIpc) is 3.23. The Morgan fingerprint density at radius 1 is 1.18 bits per heavy atom. The number of hydrogen-bond donors (Lipinski definition) is 1. The third-order valence-corrected chi connectivity index (χ3v) is 7.42. The van der Waals surface area contributed by atoms with Gasteiger partial charge in [0.2, 0.25) is 11.8 Å². The van der Waals surface area contributed by atoms with Crippen LogP contribution < -0.4 is 14.8 Å². The standard InChI is InChI=1S/C26H39N3O4S/c1-5-6-15-34-16-7-12-27-25(30)20-10-13-29(14-11-20)18-22-19(2)33-26(28-22)21-8-9-23(31-3)24(17-21)32-4/h8-9,17,20H,5-7,10-16,18H2,1-4H3,(H,27,30). The first kappa shape index (κ1) is 26.4. The normalized spacial score (nSPS) is 14.8. The summed E-state index contributed by atoms with van der Waals surface area (Å²) in [6, 6.07) is 5.65. The predicted octanol–water partition coefficient (Wildman–Crippen LogP) is 4.92. The maximum absolute atomic E-state index is 12.5. The first-order valence-corrected chi connectivity index (χ1v) is 13.5. The van der Waals surface area contributed by atoms with Crippen molar-refractivity contribution in [2.45, 2.75) is 52.5 Å². The van der Waals surface area contributed by atoms with E-state index in [0.29, 0.717) is 17.4 Å². The van der Waals surface area contributed by atoms with Crippen molar-refractivity contribution in [1.82, 2.24) is 15.2 Å². The Hall–Kier alpha value is -2.19. The number of aryl methyl sites for hydroxylation is 1. The maximum atomic E-state index is 12.5. The molecule has 0 bridgehead atoms. The van der Waals surface area contributed by atoms with Crippen LogP contribution in [-0.4, -0.2) is 61.2 Å². The van der Waals surface area contributed by atoms with Crippen LogP contribution in [-0.2, 0) is 11.3 Å². The molecule has 2 heterocycles. The molecule has 0 unspecified atom stereocenters. The van der Waals surface area contributed by atoms with Crippen molar-refractivity contribution in [3.8, 4) is 23.0 Å². The minimum Gasteiger partial charge on any atom is -0.493 e. The van der Waals surface area contributed by atoms with Gasteiger partial charge in [0.1, 0.15) is 5.76 Å². The highest BCUT2D eigenvalue weighted by atomic mass is 32.2. The lowest BCUT2D eigenvalue weighted by Crippen LogP contribution is -2.40. The highest BCUT2D eigenvalue weighted by Gasteiger charge is 2.26. The van der Waals surface area contributed by atoms with Crippen LogP contribution in [0.5, 0.6) is 11.5 Å². The summed E-state index contributed by atoms with van der Waals surface area (Å²) in [6.45, 7) is 7.47. The molecule has 1 N–H and O–H groups in total. The zero-order chi connectivity index (χ0) is 24.3. The number of amides is 1. The molecule has 1 fully saturated rings. The number of benzene rings is 1. The molecule has 0 saturated carbocycles. The Morgan fingerprint density at radius 2 is 1.91 bits per heavy atom. The molecule has 3 rings (SSSR count). The van der Waals surface area contributed by atoms with Crippen molar-refractivity contribution in [2.24, 2.45) is 5.92 Å². The summed E-state index contributed by atoms with van der Waals surface area (Å²) in [7, 11) is 3.23. The number of hydrogen-bond acceptors (Lipinski definition) is 7. The van der Waals surface area contributed by atoms with Gasteiger partial charge in [0.25, 0.3) is 0 Å². The van der Waals surface area contributed by atoms with Crippen molar-refractivity contribution in [1.29, 1.82) is 0 Å². The second-order valence-electron chi connectivity index (χ2n) is 8.75. The van der Waals surface area contributed by atoms with Gasteiger partial charge in [0, 0.05) is 24.6 Å². The molecule has 1 saturated heterocycles. The molecule has 34 heavy (non-hydrogen) atoms. The number of thioether (sulfide) groups is 1. The van der Waals surface area contributed by atoms with Crippen molar-refractivity contribution >= 4 is 17.7 Å². The van der Waals surface area contributed by atoms with Gasteiger partial charge in [-0.1, -0.05) is 13.3 Å². The van der Waals surface area contributed by atoms with Gasteiger partial charge in [-0.25, -0.2) is 4.98 Å². The summed E-state index contributed by atoms with van der Waals surface area (Å²) >= 11 is 1.99. The maximum Gasteiger partial charge on any atom is 0.226 e. The van der Waals surface area contributed by atoms with Crippen LogP contribution in [0.25, 0.3) is 11.5 Å². The Morgan fingerprint density at radius 3 is 2.62 bits per heavy atom. The van der Waals surface area contributed by atoms with Crippen LogP contribution in [0.3, 0.4) is 0 Å². The van der Waals surface area contributed by atoms with Gasteiger partial charge in [-0.3, -0.25) is 9.69 Å². The van der Waals surface area contributed by atoms with E-state index in [-0.39, 0.29) is 11.8 Å². The number of nitrogens with one attached hydrogen (secondary N) is 1. The molecule has 1 aromatic carbocycles. The van der Waals surface area contributed by atoms with E-state index in [1.54, 1.807) is 14.2 Å². The quantitative estimate of drug-likeness (QED) is 0.400. The fourth-order valence-electron chi connectivity index (χ4n) is 4.11. The van der Waals surface area contributed by atoms with Gasteiger partial charge < -0.3 is 19.2 Å². The Balaban J connectivity index is 1.45. The monoisotopic (exact) mass is 489 g/mol. The summed E-state index contributed by atoms with van der Waals surface area (Å²) in [5.41, 5.74) is 1.79. The zero-order valence-corrected chi connectivity index (χ0v) is 21.8. The summed E-state index contributed by atoms with van der Waals surface area (Å²) in [5.74, 6) is 5.40. The van der Waals surface area contributed by atoms with E-state index in [1.165, 1.54) is 18.6 Å². The molecule has 1 aliphatic rings. The third-order valence-electron chi connectivity index (χ3n) is 6.26. The molecule has 0 aliphatic carbocycles. The third kappa shape index (κ3) is 7.40. The number of piperidine rings is 1. The van der Waals surface area contributed by atoms with Crippen molar-refractivity contribution in [3.05, 3.63) is 29.7 Å². The van der Waals surface area contributed by atoms with Gasteiger partial charge in [0.15, 0.2) is 11.5 Å². The number of ether oxygens (including phenoxy) is 2. The minimum atomic E-state index is 0.115. The molecule has 2 aromatic rings. The van der Waals surface area contributed by atoms with Crippen LogP contribution in [0.4, 0.5) is 0 Å². The molecule has 8 heteroatoms. The van der Waals surface area contributed by atoms with Crippen LogP contribution >= 0.6 is 11.8 Å². The molecule has 0 radical (unpaired) electrons. The topological polar surface area (TPSA) is 76.8 Å². The van der Waals surface area contributed by atoms with Crippen molar-refractivity contribution in [2.75, 3.05) is 45.4 Å². The number of aromatic nitrogens is 1. The molecular weight excluding hydrogens is 450 g/mol. The largest absolute Gasteiger partial charge is 0.493 e. The second-order valence-corrected chi connectivity index (χ2v) is 9.98. The minimum absolute atomic E-state index is 0.115. The number of oxazole rings is 1. The Labute approximate surface area is 208 Å². The summed E-state index contributed by atoms with van der Waals surface area (Å²) < 4.78 is 16.7. The first-order valence-electron chi connectivity index (χ1n) is 12.3. The van der Waals surface area contributed by atoms with Crippen molar-refractivity contribution < 1.29 is 18.7 Å². The number of methoxy groups -OCH3 is 2. The Kier molecular flexibility index (Phi) is 10.6. The number of carbonyl (C=O) groups is 1. The number of likely N-dealkylation sites (tertiary alicyclic amines) is 1. The molecule has 1 aromatic heterocycles. The van der Waals surface area contributed by atoms with E-state index in [1.807, 2.05) is 36.9 Å². The highest BCUT2D eigenvalue weighted by Crippen LogP contribution is 2.33. The molecule has 0 atom stereocenters. The fourth-order valence-corrected chi connectivity index (χ4v) is 5.16. The first-order chi connectivity index (χ1) is 16.5. The SMILES string of the molecule is CCCCSCCCNC(=O)C1CCN(Cc2nc(-c3ccc(OC)c(OC)c3)oc2C)CC1. The van der Waals surface area contributed by atoms with Gasteiger partial charge in [-0.2, -0.15) is 11.8 Å². The molecule has 1 amide bonds. The lowest BCUT2D eigenvalue weighted by Gasteiger charge is -2.30. The Bertz CT molecular complexity index is 909. The molecule has 1 aliphatic heterocycles. The van der Waals surface area contributed by atoms with Gasteiger partial charge in [0.05, 0.1) is 19.9 Å². The molecule has 0 spiro atoms. The number of rotatable bonds is 13. The summed E-state index contributed by atoms with van der Waals surface area (Å²) in [6.07, 6.45) is 5.35. The second kappa shape index (κ2) is 13.6. The van der Waals surface area contributed by atoms with E-state index < -0.39 is 0 Å². The van der Waals surface area contributed by atoms with E-state index in [2.05, 4.69) is 17.1 Å². The predicted molar refractivity (Wildman–Crippen MR) is 138 cm³/mol. The van der Waals surface area contributed by atoms with Crippen LogP contribution in [0, 0.1) is 12.8 Å². The van der Waals surface area contributed by atoms with E-state index in [4.69, 9.17) is 18.9 Å². The lowest BCUT2D eigenvalue weighted by molar-refractivity contribution is -0.126. The highest BCUT2D eigenvalue weighted by molar-refractivity contribution is 7.99. The molecule has 7 nitrogen and oxygen atoms in total. The van der Waals surface area contributed by atoms with Crippen LogP contribution in [0.1, 0.15) is 50.5 Å². The lowest BCUT2D eigenvalue weighted by atomic mass is 9.95. The number of carbonyl (C=O) groups excluding carboxylic acids is 1. The smallest absolute Gasteiger partial charge is 0.226 e. The van der Waals surface area contributed by atoms with Crippen molar-refractivity contribution in [3.63, 3.8) is 0 Å². The molecular formula is C26H39N3O4S. The van der Waals surface area contributed by atoms with E-state index in [9.17, 15) is 4.79 Å². The van der Waals surface area contributed by atoms with Gasteiger partial charge in [-0.15, -0.1) is 0 Å². The van der Waals surface area contributed by atoms with Gasteiger partial charge in [-0.05, 0) is 75.4 Å². The molecule has 188 valence electrons. The van der Waals surface area contributed by atoms with Gasteiger partial charge >= 0.3 is 0 Å². The fraction of sp³-hybridized carbons (Fsp3) is 0.615. The van der Waals surface area contributed by atoms with E-state index in [0.717, 1.165) is 68.2 Å². The number of nitrogens with zero attached hydrogens (tertiary/aromatic N) is 2. The summed E-state index contributed by atoms with van der Waals surface area (Å²) in [4.78, 5) is 19.6. The summed E-state index contributed by atoms with van der Waals surface area (Å²) in [5, 5.41) is 3.14.